The lowest BCUT2D eigenvalue weighted by Crippen LogP contribution is -2.38. The lowest BCUT2D eigenvalue weighted by molar-refractivity contribution is -0.132. The molecule has 0 fully saturated rings. The molecular weight excluding hydrogens is 318 g/mol. The van der Waals surface area contributed by atoms with Crippen LogP contribution in [0.1, 0.15) is 24.2 Å². The molecule has 2 aromatic heterocycles. The summed E-state index contributed by atoms with van der Waals surface area (Å²) in [5.74, 6) is 0.364. The Morgan fingerprint density at radius 3 is 2.88 bits per heavy atom. The topological polar surface area (TPSA) is 123 Å². The number of nitrogens with one attached hydrogen (secondary N) is 1. The van der Waals surface area contributed by atoms with Gasteiger partial charge in [0.2, 0.25) is 11.8 Å². The monoisotopic (exact) mass is 337 g/mol. The molecule has 130 valence electrons. The molecule has 0 atom stereocenters. The van der Waals surface area contributed by atoms with E-state index in [1.54, 1.807) is 13.8 Å². The second-order valence-corrected chi connectivity index (χ2v) is 5.14. The number of aromatic nitrogens is 4. The molecule has 2 aromatic rings. The standard InChI is InChI=1S/C14H19N5O5/c1-4-18(6-11-15-10(8-23-3)17-24-11)12(20)7-19-5-9(2)13(21)16-14(19)22/h5H,4,6-8H2,1-3H3,(H,16,21,22). The van der Waals surface area contributed by atoms with Crippen molar-refractivity contribution in [1.29, 1.82) is 0 Å². The lowest BCUT2D eigenvalue weighted by atomic mass is 10.3. The van der Waals surface area contributed by atoms with E-state index < -0.39 is 11.2 Å². The molecular formula is C14H19N5O5. The normalized spacial score (nSPS) is 10.8. The Kier molecular flexibility index (Phi) is 5.64. The van der Waals surface area contributed by atoms with Crippen molar-refractivity contribution in [2.24, 2.45) is 0 Å². The van der Waals surface area contributed by atoms with Gasteiger partial charge in [-0.3, -0.25) is 19.1 Å². The summed E-state index contributed by atoms with van der Waals surface area (Å²) in [4.78, 5) is 43.2. The zero-order valence-corrected chi connectivity index (χ0v) is 13.7. The van der Waals surface area contributed by atoms with E-state index >= 15 is 0 Å². The number of ether oxygens (including phenoxy) is 1. The van der Waals surface area contributed by atoms with Gasteiger partial charge in [0, 0.05) is 25.4 Å². The Morgan fingerprint density at radius 2 is 2.21 bits per heavy atom. The number of methoxy groups -OCH3 is 1. The summed E-state index contributed by atoms with van der Waals surface area (Å²) >= 11 is 0. The molecule has 1 N–H and O–H groups in total. The molecule has 2 heterocycles. The molecule has 0 saturated heterocycles. The van der Waals surface area contributed by atoms with Crippen LogP contribution in [0.3, 0.4) is 0 Å². The Hall–Kier alpha value is -2.75. The number of hydrogen-bond donors (Lipinski definition) is 1. The number of nitrogens with zero attached hydrogens (tertiary/aromatic N) is 4. The highest BCUT2D eigenvalue weighted by molar-refractivity contribution is 5.75. The molecule has 0 bridgehead atoms. The van der Waals surface area contributed by atoms with Gasteiger partial charge in [-0.1, -0.05) is 5.16 Å². The molecule has 0 aliphatic heterocycles. The third kappa shape index (κ3) is 4.16. The summed E-state index contributed by atoms with van der Waals surface area (Å²) in [5, 5.41) is 3.73. The number of hydrogen-bond acceptors (Lipinski definition) is 7. The maximum atomic E-state index is 12.4. The minimum atomic E-state index is -0.629. The van der Waals surface area contributed by atoms with Crippen LogP contribution in [0, 0.1) is 6.92 Å². The highest BCUT2D eigenvalue weighted by Gasteiger charge is 2.17. The number of likely N-dealkylation sites (N-methyl/N-ethyl adjacent to an activating group) is 1. The first-order chi connectivity index (χ1) is 11.4. The Labute approximate surface area is 137 Å². The zero-order valence-electron chi connectivity index (χ0n) is 13.7. The minimum Gasteiger partial charge on any atom is -0.377 e. The van der Waals surface area contributed by atoms with Gasteiger partial charge in [-0.25, -0.2) is 4.79 Å². The van der Waals surface area contributed by atoms with Gasteiger partial charge in [0.05, 0.1) is 0 Å². The largest absolute Gasteiger partial charge is 0.377 e. The van der Waals surface area contributed by atoms with Crippen LogP contribution in [0.4, 0.5) is 0 Å². The van der Waals surface area contributed by atoms with Gasteiger partial charge in [-0.05, 0) is 13.8 Å². The molecule has 0 saturated carbocycles. The minimum absolute atomic E-state index is 0.128. The van der Waals surface area contributed by atoms with Gasteiger partial charge in [0.1, 0.15) is 19.7 Å². The van der Waals surface area contributed by atoms with Crippen LogP contribution in [0.5, 0.6) is 0 Å². The molecule has 10 nitrogen and oxygen atoms in total. The van der Waals surface area contributed by atoms with E-state index in [2.05, 4.69) is 15.1 Å². The average molecular weight is 337 g/mol. The first kappa shape index (κ1) is 17.6. The summed E-state index contributed by atoms with van der Waals surface area (Å²) in [6.45, 7) is 3.91. The summed E-state index contributed by atoms with van der Waals surface area (Å²) in [7, 11) is 1.52. The Morgan fingerprint density at radius 1 is 1.46 bits per heavy atom. The number of amides is 1. The second kappa shape index (κ2) is 7.68. The van der Waals surface area contributed by atoms with E-state index in [9.17, 15) is 14.4 Å². The molecule has 0 aliphatic carbocycles. The summed E-state index contributed by atoms with van der Waals surface area (Å²) in [6.07, 6.45) is 1.36. The van der Waals surface area contributed by atoms with Crippen molar-refractivity contribution < 1.29 is 14.1 Å². The van der Waals surface area contributed by atoms with Crippen LogP contribution in [-0.2, 0) is 29.2 Å². The van der Waals surface area contributed by atoms with Gasteiger partial charge in [0.15, 0.2) is 5.82 Å². The van der Waals surface area contributed by atoms with Crippen LogP contribution >= 0.6 is 0 Å². The first-order valence-electron chi connectivity index (χ1n) is 7.33. The third-order valence-corrected chi connectivity index (χ3v) is 3.34. The van der Waals surface area contributed by atoms with Crippen LogP contribution in [0.15, 0.2) is 20.3 Å². The SMILES string of the molecule is CCN(Cc1nc(COC)no1)C(=O)Cn1cc(C)c(=O)[nH]c1=O. The van der Waals surface area contributed by atoms with Gasteiger partial charge >= 0.3 is 5.69 Å². The predicted octanol–water partition coefficient (Wildman–Crippen LogP) is -0.577. The van der Waals surface area contributed by atoms with Crippen molar-refractivity contribution in [3.63, 3.8) is 0 Å². The van der Waals surface area contributed by atoms with Gasteiger partial charge in [0.25, 0.3) is 5.56 Å². The summed E-state index contributed by atoms with van der Waals surface area (Å²) in [6, 6.07) is 0. The lowest BCUT2D eigenvalue weighted by Gasteiger charge is -2.19. The molecule has 10 heteroatoms. The molecule has 0 radical (unpaired) electrons. The van der Waals surface area contributed by atoms with E-state index in [4.69, 9.17) is 9.26 Å². The zero-order chi connectivity index (χ0) is 17.7. The fourth-order valence-corrected chi connectivity index (χ4v) is 2.06. The number of aromatic amines is 1. The molecule has 0 aliphatic rings. The molecule has 0 aromatic carbocycles. The van der Waals surface area contributed by atoms with E-state index in [0.717, 1.165) is 4.57 Å². The van der Waals surface area contributed by atoms with Gasteiger partial charge in [-0.2, -0.15) is 4.98 Å². The fraction of sp³-hybridized carbons (Fsp3) is 0.500. The highest BCUT2D eigenvalue weighted by Crippen LogP contribution is 2.04. The predicted molar refractivity (Wildman–Crippen MR) is 82.2 cm³/mol. The van der Waals surface area contributed by atoms with E-state index in [1.165, 1.54) is 18.2 Å². The van der Waals surface area contributed by atoms with Gasteiger partial charge in [-0.15, -0.1) is 0 Å². The van der Waals surface area contributed by atoms with Crippen LogP contribution in [-0.4, -0.2) is 44.2 Å². The van der Waals surface area contributed by atoms with Crippen molar-refractivity contribution in [1.82, 2.24) is 24.6 Å². The Bertz CT molecular complexity index is 821. The Balaban J connectivity index is 2.09. The summed E-state index contributed by atoms with van der Waals surface area (Å²) < 4.78 is 11.1. The van der Waals surface area contributed by atoms with Crippen molar-refractivity contribution in [2.45, 2.75) is 33.5 Å². The molecule has 24 heavy (non-hydrogen) atoms. The van der Waals surface area contributed by atoms with E-state index in [0.29, 0.717) is 17.9 Å². The molecule has 1 amide bonds. The number of aryl methyl sites for hydroxylation is 1. The van der Waals surface area contributed by atoms with Crippen molar-refractivity contribution in [2.75, 3.05) is 13.7 Å². The molecule has 2 rings (SSSR count). The quantitative estimate of drug-likeness (QED) is 0.717. The van der Waals surface area contributed by atoms with Crippen LogP contribution in [0.25, 0.3) is 0 Å². The molecule has 0 unspecified atom stereocenters. The van der Waals surface area contributed by atoms with Gasteiger partial charge < -0.3 is 14.2 Å². The maximum Gasteiger partial charge on any atom is 0.328 e. The number of rotatable bonds is 7. The van der Waals surface area contributed by atoms with Crippen molar-refractivity contribution in [3.8, 4) is 0 Å². The second-order valence-electron chi connectivity index (χ2n) is 5.14. The number of carbonyl (C=O) groups excluding carboxylic acids is 1. The van der Waals surface area contributed by atoms with E-state index in [-0.39, 0.29) is 31.5 Å². The first-order valence-corrected chi connectivity index (χ1v) is 7.33. The third-order valence-electron chi connectivity index (χ3n) is 3.34. The van der Waals surface area contributed by atoms with Crippen LogP contribution in [0.2, 0.25) is 0 Å². The number of H-pyrrole nitrogens is 1. The van der Waals surface area contributed by atoms with Crippen molar-refractivity contribution in [3.05, 3.63) is 44.3 Å². The fourth-order valence-electron chi connectivity index (χ4n) is 2.06. The van der Waals surface area contributed by atoms with E-state index in [1.807, 2.05) is 0 Å². The highest BCUT2D eigenvalue weighted by atomic mass is 16.5. The average Bonchev–Trinajstić information content (AvgIpc) is 2.97. The number of carbonyl (C=O) groups is 1. The molecule has 0 spiro atoms. The van der Waals surface area contributed by atoms with Crippen molar-refractivity contribution >= 4 is 5.91 Å². The summed E-state index contributed by atoms with van der Waals surface area (Å²) in [5.41, 5.74) is -0.741. The smallest absolute Gasteiger partial charge is 0.328 e. The van der Waals surface area contributed by atoms with Crippen LogP contribution < -0.4 is 11.2 Å². The maximum absolute atomic E-state index is 12.4.